The van der Waals surface area contributed by atoms with Gasteiger partial charge in [-0.1, -0.05) is 30.3 Å². The number of hydrogen-bond donors (Lipinski definition) is 1. The number of rotatable bonds is 4. The molecular weight excluding hydrogens is 344 g/mol. The number of aromatic nitrogens is 1. The number of para-hydroxylation sites is 3. The molecule has 1 aliphatic rings. The van der Waals surface area contributed by atoms with E-state index in [4.69, 9.17) is 9.47 Å². The number of anilines is 1. The summed E-state index contributed by atoms with van der Waals surface area (Å²) in [6, 6.07) is 15.1. The number of aryl methyl sites for hydroxylation is 1. The fourth-order valence-electron chi connectivity index (χ4n) is 3.60. The molecule has 0 radical (unpaired) electrons. The molecule has 2 heterocycles. The maximum absolute atomic E-state index is 13.1. The quantitative estimate of drug-likeness (QED) is 0.569. The van der Waals surface area contributed by atoms with Crippen LogP contribution in [0.5, 0.6) is 5.75 Å². The Hall–Kier alpha value is -3.28. The molecule has 1 aliphatic heterocycles. The van der Waals surface area contributed by atoms with Crippen molar-refractivity contribution < 1.29 is 19.1 Å². The summed E-state index contributed by atoms with van der Waals surface area (Å²) < 4.78 is 10.6. The summed E-state index contributed by atoms with van der Waals surface area (Å²) in [6.07, 6.45) is -0.762. The van der Waals surface area contributed by atoms with E-state index in [1.807, 2.05) is 54.3 Å². The first-order chi connectivity index (χ1) is 13.1. The summed E-state index contributed by atoms with van der Waals surface area (Å²) >= 11 is 0. The van der Waals surface area contributed by atoms with E-state index in [1.54, 1.807) is 6.07 Å². The standard InChI is InChI=1S/C21H20N2O4/c1-13-20(14-7-3-4-8-15(14)22-13)17(24)11-23-12-19(21(25)26-2)27-18-10-6-5-9-16(18)23/h3-10,19,22H,11-12H2,1-2H3/t19-/m0/s1. The van der Waals surface area contributed by atoms with E-state index < -0.39 is 12.1 Å². The molecule has 0 amide bonds. The molecule has 0 saturated carbocycles. The number of aromatic amines is 1. The van der Waals surface area contributed by atoms with E-state index in [0.717, 1.165) is 22.3 Å². The first-order valence-electron chi connectivity index (χ1n) is 8.77. The molecule has 27 heavy (non-hydrogen) atoms. The average Bonchev–Trinajstić information content (AvgIpc) is 3.03. The van der Waals surface area contributed by atoms with Crippen LogP contribution in [0.3, 0.4) is 0 Å². The number of Topliss-reactive ketones (excluding diaryl/α,β-unsaturated/α-hetero) is 1. The van der Waals surface area contributed by atoms with Crippen LogP contribution in [0.15, 0.2) is 48.5 Å². The number of ether oxygens (including phenoxy) is 2. The minimum absolute atomic E-state index is 0.00901. The molecule has 138 valence electrons. The second-order valence-corrected chi connectivity index (χ2v) is 6.57. The van der Waals surface area contributed by atoms with Gasteiger partial charge >= 0.3 is 5.97 Å². The van der Waals surface area contributed by atoms with Crippen molar-refractivity contribution >= 4 is 28.3 Å². The van der Waals surface area contributed by atoms with E-state index in [1.165, 1.54) is 7.11 Å². The Morgan fingerprint density at radius 1 is 1.19 bits per heavy atom. The Balaban J connectivity index is 1.67. The minimum atomic E-state index is -0.762. The predicted molar refractivity (Wildman–Crippen MR) is 102 cm³/mol. The number of H-pyrrole nitrogens is 1. The topological polar surface area (TPSA) is 71.6 Å². The van der Waals surface area contributed by atoms with Crippen molar-refractivity contribution in [2.45, 2.75) is 13.0 Å². The lowest BCUT2D eigenvalue weighted by atomic mass is 10.1. The van der Waals surface area contributed by atoms with Gasteiger partial charge in [0.15, 0.2) is 5.78 Å². The van der Waals surface area contributed by atoms with Crippen molar-refractivity contribution in [3.8, 4) is 5.75 Å². The van der Waals surface area contributed by atoms with Crippen LogP contribution < -0.4 is 9.64 Å². The monoisotopic (exact) mass is 364 g/mol. The molecule has 1 aromatic heterocycles. The molecule has 0 unspecified atom stereocenters. The van der Waals surface area contributed by atoms with Gasteiger partial charge in [-0.3, -0.25) is 4.79 Å². The summed E-state index contributed by atoms with van der Waals surface area (Å²) in [5.41, 5.74) is 3.26. The highest BCUT2D eigenvalue weighted by Gasteiger charge is 2.32. The third kappa shape index (κ3) is 3.03. The average molecular weight is 364 g/mol. The molecule has 3 aromatic rings. The number of benzene rings is 2. The highest BCUT2D eigenvalue weighted by atomic mass is 16.6. The maximum atomic E-state index is 13.1. The van der Waals surface area contributed by atoms with E-state index in [-0.39, 0.29) is 18.9 Å². The number of ketones is 1. The van der Waals surface area contributed by atoms with Gasteiger partial charge in [-0.25, -0.2) is 4.79 Å². The Morgan fingerprint density at radius 2 is 1.93 bits per heavy atom. The van der Waals surface area contributed by atoms with Crippen LogP contribution in [-0.2, 0) is 9.53 Å². The molecule has 0 bridgehead atoms. The van der Waals surface area contributed by atoms with Crippen molar-refractivity contribution in [1.82, 2.24) is 4.98 Å². The summed E-state index contributed by atoms with van der Waals surface area (Å²) in [7, 11) is 1.33. The van der Waals surface area contributed by atoms with Crippen molar-refractivity contribution in [3.63, 3.8) is 0 Å². The van der Waals surface area contributed by atoms with E-state index >= 15 is 0 Å². The van der Waals surface area contributed by atoms with Gasteiger partial charge in [0.05, 0.1) is 25.9 Å². The molecule has 1 atom stereocenters. The van der Waals surface area contributed by atoms with Gasteiger partial charge in [0, 0.05) is 22.2 Å². The number of carbonyl (C=O) groups is 2. The van der Waals surface area contributed by atoms with Crippen molar-refractivity contribution in [3.05, 3.63) is 59.8 Å². The Kier molecular flexibility index (Phi) is 4.32. The number of esters is 1. The fourth-order valence-corrected chi connectivity index (χ4v) is 3.60. The van der Waals surface area contributed by atoms with Crippen LogP contribution >= 0.6 is 0 Å². The van der Waals surface area contributed by atoms with Gasteiger partial charge in [0.25, 0.3) is 0 Å². The molecule has 0 saturated heterocycles. The summed E-state index contributed by atoms with van der Waals surface area (Å²) in [4.78, 5) is 30.3. The molecule has 0 fully saturated rings. The number of methoxy groups -OCH3 is 1. The zero-order chi connectivity index (χ0) is 19.0. The molecule has 0 aliphatic carbocycles. The van der Waals surface area contributed by atoms with Gasteiger partial charge in [-0.05, 0) is 25.1 Å². The van der Waals surface area contributed by atoms with Crippen molar-refractivity contribution in [2.75, 3.05) is 25.1 Å². The lowest BCUT2D eigenvalue weighted by Crippen LogP contribution is -2.46. The van der Waals surface area contributed by atoms with Gasteiger partial charge in [-0.15, -0.1) is 0 Å². The fraction of sp³-hybridized carbons (Fsp3) is 0.238. The smallest absolute Gasteiger partial charge is 0.348 e. The van der Waals surface area contributed by atoms with Gasteiger partial charge in [0.2, 0.25) is 6.10 Å². The Morgan fingerprint density at radius 3 is 2.74 bits per heavy atom. The Labute approximate surface area is 156 Å². The third-order valence-corrected chi connectivity index (χ3v) is 4.83. The van der Waals surface area contributed by atoms with Crippen LogP contribution in [-0.4, -0.2) is 43.0 Å². The highest BCUT2D eigenvalue weighted by molar-refractivity contribution is 6.11. The van der Waals surface area contributed by atoms with Gasteiger partial charge < -0.3 is 19.4 Å². The largest absolute Gasteiger partial charge is 0.475 e. The molecule has 6 heteroatoms. The first-order valence-corrected chi connectivity index (χ1v) is 8.77. The van der Waals surface area contributed by atoms with Crippen LogP contribution in [0, 0.1) is 6.92 Å². The minimum Gasteiger partial charge on any atom is -0.475 e. The normalized spacial score (nSPS) is 15.9. The number of fused-ring (bicyclic) bond motifs is 2. The second-order valence-electron chi connectivity index (χ2n) is 6.57. The SMILES string of the molecule is COC(=O)[C@@H]1CN(CC(=O)c2c(C)[nH]c3ccccc23)c2ccccc2O1. The molecular formula is C21H20N2O4. The molecule has 2 aromatic carbocycles. The van der Waals surface area contributed by atoms with Gasteiger partial charge in [-0.2, -0.15) is 0 Å². The lowest BCUT2D eigenvalue weighted by Gasteiger charge is -2.34. The van der Waals surface area contributed by atoms with Crippen molar-refractivity contribution in [2.24, 2.45) is 0 Å². The highest BCUT2D eigenvalue weighted by Crippen LogP contribution is 2.34. The van der Waals surface area contributed by atoms with Crippen LogP contribution in [0.2, 0.25) is 0 Å². The molecule has 0 spiro atoms. The molecule has 6 nitrogen and oxygen atoms in total. The number of hydrogen-bond acceptors (Lipinski definition) is 5. The second kappa shape index (κ2) is 6.79. The molecule has 4 rings (SSSR count). The number of nitrogens with one attached hydrogen (secondary N) is 1. The third-order valence-electron chi connectivity index (χ3n) is 4.83. The first kappa shape index (κ1) is 17.1. The Bertz CT molecular complexity index is 1020. The van der Waals surface area contributed by atoms with E-state index in [2.05, 4.69) is 4.98 Å². The predicted octanol–water partition coefficient (Wildman–Crippen LogP) is 3.10. The summed E-state index contributed by atoms with van der Waals surface area (Å²) in [6.45, 7) is 2.31. The van der Waals surface area contributed by atoms with Gasteiger partial charge in [0.1, 0.15) is 5.75 Å². The zero-order valence-electron chi connectivity index (χ0n) is 15.2. The van der Waals surface area contributed by atoms with Crippen LogP contribution in [0.4, 0.5) is 5.69 Å². The van der Waals surface area contributed by atoms with E-state index in [0.29, 0.717) is 11.3 Å². The van der Waals surface area contributed by atoms with Crippen LogP contribution in [0.1, 0.15) is 16.1 Å². The zero-order valence-corrected chi connectivity index (χ0v) is 15.2. The maximum Gasteiger partial charge on any atom is 0.348 e. The number of carbonyl (C=O) groups excluding carboxylic acids is 2. The van der Waals surface area contributed by atoms with Crippen molar-refractivity contribution in [1.29, 1.82) is 0 Å². The lowest BCUT2D eigenvalue weighted by molar-refractivity contribution is -0.148. The molecule has 1 N–H and O–H groups in total. The summed E-state index contributed by atoms with van der Waals surface area (Å²) in [5.74, 6) is 0.109. The number of nitrogens with zero attached hydrogens (tertiary/aromatic N) is 1. The summed E-state index contributed by atoms with van der Waals surface area (Å²) in [5, 5.41) is 0.908. The van der Waals surface area contributed by atoms with Crippen LogP contribution in [0.25, 0.3) is 10.9 Å². The van der Waals surface area contributed by atoms with E-state index in [9.17, 15) is 9.59 Å².